The SMILES string of the molecule is CCCCC/C=C\C/C=C\CCCCCCCCOCC(COP(=O)(O)OC1C(O)C(O)C(O)C(O)C1O)OC(=O)CCCCCCCCCCCCC/C=C\CCCCCCCCCC. The Bertz CT molecular complexity index is 1230. The van der Waals surface area contributed by atoms with Gasteiger partial charge in [0.25, 0.3) is 0 Å². The maximum absolute atomic E-state index is 12.9. The molecule has 0 radical (unpaired) electrons. The van der Waals surface area contributed by atoms with Gasteiger partial charge in [-0.05, 0) is 70.6 Å². The third-order valence-corrected chi connectivity index (χ3v) is 13.5. The van der Waals surface area contributed by atoms with Crippen LogP contribution in [0.25, 0.3) is 0 Å². The van der Waals surface area contributed by atoms with E-state index in [1.165, 1.54) is 148 Å². The standard InChI is InChI=1S/C53H99O12P/c1-3-5-7-9-11-13-15-17-19-21-22-23-24-25-26-27-28-30-32-34-36-38-40-42-47(54)64-46(45-63-66(60,61)65-53-51(58)49(56)48(55)50(57)52(53)59)44-62-43-41-39-37-35-33-31-29-20-18-16-14-12-10-8-6-4-2/h12,14,18,20-22,46,48-53,55-59H,3-11,13,15-17,19,23-45H2,1-2H3,(H,60,61)/b14-12-,20-18-,22-21-. The van der Waals surface area contributed by atoms with E-state index >= 15 is 0 Å². The molecule has 0 aromatic heterocycles. The van der Waals surface area contributed by atoms with Crippen LogP contribution in [0.5, 0.6) is 0 Å². The number of rotatable bonds is 46. The Morgan fingerprint density at radius 2 is 0.848 bits per heavy atom. The molecule has 388 valence electrons. The van der Waals surface area contributed by atoms with Crippen LogP contribution in [0.4, 0.5) is 0 Å². The molecule has 1 aliphatic carbocycles. The molecule has 13 heteroatoms. The van der Waals surface area contributed by atoms with E-state index in [2.05, 4.69) is 50.3 Å². The highest BCUT2D eigenvalue weighted by Gasteiger charge is 2.51. The molecular formula is C53H99O12P. The fourth-order valence-electron chi connectivity index (χ4n) is 8.21. The lowest BCUT2D eigenvalue weighted by Gasteiger charge is -2.41. The molecule has 6 atom stereocenters. The summed E-state index contributed by atoms with van der Waals surface area (Å²) in [5.74, 6) is -0.480. The van der Waals surface area contributed by atoms with Crippen LogP contribution in [0.3, 0.4) is 0 Å². The molecule has 12 nitrogen and oxygen atoms in total. The van der Waals surface area contributed by atoms with Crippen LogP contribution in [-0.2, 0) is 27.9 Å². The molecule has 0 bridgehead atoms. The van der Waals surface area contributed by atoms with E-state index < -0.39 is 63.1 Å². The van der Waals surface area contributed by atoms with Crippen molar-refractivity contribution in [3.8, 4) is 0 Å². The summed E-state index contributed by atoms with van der Waals surface area (Å²) in [6, 6.07) is 0. The van der Waals surface area contributed by atoms with Crippen molar-refractivity contribution in [3.63, 3.8) is 0 Å². The molecule has 0 amide bonds. The van der Waals surface area contributed by atoms with Gasteiger partial charge in [0, 0.05) is 13.0 Å². The zero-order valence-corrected chi connectivity index (χ0v) is 42.6. The average molecular weight is 959 g/mol. The van der Waals surface area contributed by atoms with Crippen LogP contribution < -0.4 is 0 Å². The molecule has 0 aliphatic heterocycles. The van der Waals surface area contributed by atoms with Gasteiger partial charge in [0.1, 0.15) is 42.7 Å². The van der Waals surface area contributed by atoms with E-state index in [1.807, 2.05) is 0 Å². The lowest BCUT2D eigenvalue weighted by Crippen LogP contribution is -2.64. The Balaban J connectivity index is 2.31. The third-order valence-electron chi connectivity index (χ3n) is 12.5. The maximum Gasteiger partial charge on any atom is 0.472 e. The number of allylic oxidation sites excluding steroid dienone is 6. The topological polar surface area (TPSA) is 192 Å². The summed E-state index contributed by atoms with van der Waals surface area (Å²) in [7, 11) is -5.03. The molecule has 0 aromatic rings. The number of ether oxygens (including phenoxy) is 2. The van der Waals surface area contributed by atoms with Crippen molar-refractivity contribution >= 4 is 13.8 Å². The molecular weight excluding hydrogens is 860 g/mol. The van der Waals surface area contributed by atoms with E-state index in [0.717, 1.165) is 57.8 Å². The molecule has 1 aliphatic rings. The van der Waals surface area contributed by atoms with Gasteiger partial charge in [-0.3, -0.25) is 13.8 Å². The van der Waals surface area contributed by atoms with Gasteiger partial charge in [-0.25, -0.2) is 4.57 Å². The molecule has 0 spiro atoms. The minimum Gasteiger partial charge on any atom is -0.457 e. The largest absolute Gasteiger partial charge is 0.472 e. The van der Waals surface area contributed by atoms with Crippen LogP contribution in [0, 0.1) is 0 Å². The maximum atomic E-state index is 12.9. The zero-order chi connectivity index (χ0) is 48.4. The Kier molecular flexibility index (Phi) is 41.3. The monoisotopic (exact) mass is 959 g/mol. The summed E-state index contributed by atoms with van der Waals surface area (Å²) in [4.78, 5) is 23.3. The Labute approximate surface area is 402 Å². The number of phosphoric acid groups is 1. The minimum absolute atomic E-state index is 0.0826. The normalized spacial score (nSPS) is 21.6. The van der Waals surface area contributed by atoms with Gasteiger partial charge >= 0.3 is 13.8 Å². The highest BCUT2D eigenvalue weighted by atomic mass is 31.2. The molecule has 66 heavy (non-hydrogen) atoms. The summed E-state index contributed by atoms with van der Waals surface area (Å²) in [6.07, 6.45) is 40.7. The lowest BCUT2D eigenvalue weighted by atomic mass is 9.85. The van der Waals surface area contributed by atoms with E-state index in [4.69, 9.17) is 18.5 Å². The van der Waals surface area contributed by atoms with Gasteiger partial charge in [-0.15, -0.1) is 0 Å². The number of aliphatic hydroxyl groups is 5. The average Bonchev–Trinajstić information content (AvgIpc) is 3.30. The molecule has 6 unspecified atom stereocenters. The van der Waals surface area contributed by atoms with Gasteiger partial charge < -0.3 is 39.9 Å². The van der Waals surface area contributed by atoms with Gasteiger partial charge in [-0.2, -0.15) is 0 Å². The second kappa shape index (κ2) is 43.6. The minimum atomic E-state index is -5.03. The number of esters is 1. The first-order chi connectivity index (χ1) is 32.0. The summed E-state index contributed by atoms with van der Waals surface area (Å²) in [6.45, 7) is 4.24. The predicted molar refractivity (Wildman–Crippen MR) is 267 cm³/mol. The van der Waals surface area contributed by atoms with Crippen LogP contribution in [-0.4, -0.2) is 98.9 Å². The van der Waals surface area contributed by atoms with E-state index in [-0.39, 0.29) is 13.0 Å². The first-order valence-electron chi connectivity index (χ1n) is 26.8. The number of hydrogen-bond acceptors (Lipinski definition) is 11. The van der Waals surface area contributed by atoms with Crippen LogP contribution in [0.2, 0.25) is 0 Å². The highest BCUT2D eigenvalue weighted by Crippen LogP contribution is 2.47. The highest BCUT2D eigenvalue weighted by molar-refractivity contribution is 7.47. The molecule has 0 saturated heterocycles. The van der Waals surface area contributed by atoms with Crippen molar-refractivity contribution in [1.82, 2.24) is 0 Å². The Hall–Kier alpha value is -1.44. The number of carbonyl (C=O) groups is 1. The third kappa shape index (κ3) is 34.8. The number of phosphoric ester groups is 1. The molecule has 6 N–H and O–H groups in total. The van der Waals surface area contributed by atoms with E-state index in [1.54, 1.807) is 0 Å². The zero-order valence-electron chi connectivity index (χ0n) is 41.7. The van der Waals surface area contributed by atoms with Crippen molar-refractivity contribution < 1.29 is 58.3 Å². The van der Waals surface area contributed by atoms with Gasteiger partial charge in [0.15, 0.2) is 0 Å². The van der Waals surface area contributed by atoms with Crippen LogP contribution in [0.15, 0.2) is 36.5 Å². The summed E-state index contributed by atoms with van der Waals surface area (Å²) >= 11 is 0. The quantitative estimate of drug-likeness (QED) is 0.0147. The summed E-state index contributed by atoms with van der Waals surface area (Å²) in [5.41, 5.74) is 0. The van der Waals surface area contributed by atoms with E-state index in [9.17, 15) is 39.8 Å². The fraction of sp³-hybridized carbons (Fsp3) is 0.868. The Morgan fingerprint density at radius 3 is 1.32 bits per heavy atom. The van der Waals surface area contributed by atoms with Crippen molar-refractivity contribution in [3.05, 3.63) is 36.5 Å². The van der Waals surface area contributed by atoms with Gasteiger partial charge in [-0.1, -0.05) is 192 Å². The second-order valence-corrected chi connectivity index (χ2v) is 20.1. The predicted octanol–water partition coefficient (Wildman–Crippen LogP) is 12.2. The van der Waals surface area contributed by atoms with Crippen molar-refractivity contribution in [2.75, 3.05) is 19.8 Å². The first-order valence-corrected chi connectivity index (χ1v) is 28.3. The lowest BCUT2D eigenvalue weighted by molar-refractivity contribution is -0.220. The number of unbranched alkanes of at least 4 members (excludes halogenated alkanes) is 28. The molecule has 1 rings (SSSR count). The molecule has 1 fully saturated rings. The second-order valence-electron chi connectivity index (χ2n) is 18.7. The van der Waals surface area contributed by atoms with Crippen LogP contribution in [0.1, 0.15) is 232 Å². The summed E-state index contributed by atoms with van der Waals surface area (Å²) in [5, 5.41) is 50.3. The molecule has 0 aromatic carbocycles. The number of hydrogen-bond donors (Lipinski definition) is 6. The van der Waals surface area contributed by atoms with E-state index in [0.29, 0.717) is 13.0 Å². The van der Waals surface area contributed by atoms with Crippen molar-refractivity contribution in [2.45, 2.75) is 275 Å². The molecule has 1 saturated carbocycles. The van der Waals surface area contributed by atoms with Crippen molar-refractivity contribution in [1.29, 1.82) is 0 Å². The van der Waals surface area contributed by atoms with Crippen LogP contribution >= 0.6 is 7.82 Å². The van der Waals surface area contributed by atoms with Gasteiger partial charge in [0.2, 0.25) is 0 Å². The smallest absolute Gasteiger partial charge is 0.457 e. The van der Waals surface area contributed by atoms with Crippen molar-refractivity contribution in [2.24, 2.45) is 0 Å². The van der Waals surface area contributed by atoms with Gasteiger partial charge in [0.05, 0.1) is 13.2 Å². The Morgan fingerprint density at radius 1 is 0.485 bits per heavy atom. The molecule has 0 heterocycles. The fourth-order valence-corrected chi connectivity index (χ4v) is 9.18. The first kappa shape index (κ1) is 62.6. The number of carbonyl (C=O) groups excluding carboxylic acids is 1. The number of aliphatic hydroxyl groups excluding tert-OH is 5. The summed E-state index contributed by atoms with van der Waals surface area (Å²) < 4.78 is 34.3.